The Morgan fingerprint density at radius 2 is 2.06 bits per heavy atom. The lowest BCUT2D eigenvalue weighted by Gasteiger charge is -2.06. The average Bonchev–Trinajstić information content (AvgIpc) is 2.27. The number of nitrogens with one attached hydrogen (secondary N) is 2. The maximum atomic E-state index is 11.8. The van der Waals surface area contributed by atoms with Crippen molar-refractivity contribution in [3.8, 4) is 0 Å². The van der Waals surface area contributed by atoms with Crippen molar-refractivity contribution in [1.82, 2.24) is 9.55 Å². The number of halogens is 1. The number of hydrogen-bond acceptors (Lipinski definition) is 3. The van der Waals surface area contributed by atoms with Gasteiger partial charge in [-0.3, -0.25) is 9.36 Å². The van der Waals surface area contributed by atoms with Gasteiger partial charge in [-0.15, -0.1) is 0 Å². The highest BCUT2D eigenvalue weighted by atomic mass is 79.9. The van der Waals surface area contributed by atoms with Crippen LogP contribution < -0.4 is 16.6 Å². The molecule has 0 aliphatic carbocycles. The molecule has 0 aliphatic rings. The van der Waals surface area contributed by atoms with Crippen LogP contribution in [0.15, 0.2) is 26.2 Å². The van der Waals surface area contributed by atoms with Crippen LogP contribution in [0.25, 0.3) is 10.9 Å². The molecule has 1 aromatic carbocycles. The van der Waals surface area contributed by atoms with E-state index in [1.165, 1.54) is 7.05 Å². The third-order valence-electron chi connectivity index (χ3n) is 2.46. The van der Waals surface area contributed by atoms with Crippen molar-refractivity contribution in [1.29, 1.82) is 0 Å². The van der Waals surface area contributed by atoms with Crippen LogP contribution >= 0.6 is 15.9 Å². The molecule has 0 atom stereocenters. The van der Waals surface area contributed by atoms with E-state index in [1.54, 1.807) is 19.2 Å². The highest BCUT2D eigenvalue weighted by Gasteiger charge is 2.07. The molecule has 0 radical (unpaired) electrons. The molecule has 1 aromatic heterocycles. The lowest BCUT2D eigenvalue weighted by atomic mass is 10.2. The fraction of sp³-hybridized carbons (Fsp3) is 0.200. The van der Waals surface area contributed by atoms with Crippen LogP contribution in [-0.2, 0) is 7.05 Å². The van der Waals surface area contributed by atoms with E-state index < -0.39 is 5.69 Å². The minimum atomic E-state index is -0.415. The Hall–Kier alpha value is -1.56. The normalized spacial score (nSPS) is 10.7. The SMILES string of the molecule is CNc1cc2[nH]c(=O)n(C)c(=O)c2cc1Br. The highest BCUT2D eigenvalue weighted by molar-refractivity contribution is 9.10. The van der Waals surface area contributed by atoms with Crippen molar-refractivity contribution < 1.29 is 0 Å². The number of aromatic amines is 1. The second-order valence-corrected chi connectivity index (χ2v) is 4.28. The van der Waals surface area contributed by atoms with Gasteiger partial charge < -0.3 is 10.3 Å². The van der Waals surface area contributed by atoms with Gasteiger partial charge >= 0.3 is 5.69 Å². The maximum Gasteiger partial charge on any atom is 0.328 e. The van der Waals surface area contributed by atoms with Gasteiger partial charge in [0, 0.05) is 18.6 Å². The number of rotatable bonds is 1. The Morgan fingerprint density at radius 3 is 2.69 bits per heavy atom. The van der Waals surface area contributed by atoms with E-state index in [0.29, 0.717) is 10.9 Å². The number of aromatic nitrogens is 2. The molecule has 0 aliphatic heterocycles. The van der Waals surface area contributed by atoms with Crippen molar-refractivity contribution in [2.75, 3.05) is 12.4 Å². The summed E-state index contributed by atoms with van der Waals surface area (Å²) in [6.07, 6.45) is 0. The van der Waals surface area contributed by atoms with Crippen molar-refractivity contribution in [2.24, 2.45) is 7.05 Å². The summed E-state index contributed by atoms with van der Waals surface area (Å²) < 4.78 is 1.83. The van der Waals surface area contributed by atoms with Gasteiger partial charge in [0.15, 0.2) is 0 Å². The Kier molecular flexibility index (Phi) is 2.59. The molecule has 6 heteroatoms. The number of hydrogen-bond donors (Lipinski definition) is 2. The summed E-state index contributed by atoms with van der Waals surface area (Å²) in [6.45, 7) is 0. The molecule has 0 amide bonds. The standard InChI is InChI=1S/C10H10BrN3O2/c1-12-8-4-7-5(3-6(8)11)9(15)14(2)10(16)13-7/h3-4,12H,1-2H3,(H,13,16). The summed E-state index contributed by atoms with van der Waals surface area (Å²) in [6, 6.07) is 3.42. The van der Waals surface area contributed by atoms with E-state index in [9.17, 15) is 9.59 Å². The maximum absolute atomic E-state index is 11.8. The molecule has 0 unspecified atom stereocenters. The first-order valence-electron chi connectivity index (χ1n) is 4.65. The van der Waals surface area contributed by atoms with E-state index in [0.717, 1.165) is 14.7 Å². The number of anilines is 1. The molecule has 2 N–H and O–H groups in total. The van der Waals surface area contributed by atoms with Crippen LogP contribution in [0.2, 0.25) is 0 Å². The molecule has 84 valence electrons. The van der Waals surface area contributed by atoms with Crippen LogP contribution in [0.1, 0.15) is 0 Å². The van der Waals surface area contributed by atoms with Gasteiger partial charge in [-0.25, -0.2) is 4.79 Å². The van der Waals surface area contributed by atoms with Gasteiger partial charge in [-0.1, -0.05) is 0 Å². The summed E-state index contributed by atoms with van der Waals surface area (Å²) >= 11 is 3.35. The molecule has 0 bridgehead atoms. The lowest BCUT2D eigenvalue weighted by Crippen LogP contribution is -2.32. The van der Waals surface area contributed by atoms with Crippen molar-refractivity contribution in [2.45, 2.75) is 0 Å². The Labute approximate surface area is 99.2 Å². The molecule has 2 aromatic rings. The first kappa shape index (κ1) is 10.9. The molecule has 1 heterocycles. The quantitative estimate of drug-likeness (QED) is 0.822. The van der Waals surface area contributed by atoms with Crippen molar-refractivity contribution in [3.05, 3.63) is 37.4 Å². The zero-order valence-corrected chi connectivity index (χ0v) is 10.4. The molecule has 0 spiro atoms. The smallest absolute Gasteiger partial charge is 0.328 e. The summed E-state index contributed by atoms with van der Waals surface area (Å²) in [5.41, 5.74) is 0.626. The highest BCUT2D eigenvalue weighted by Crippen LogP contribution is 2.25. The van der Waals surface area contributed by atoms with E-state index in [4.69, 9.17) is 0 Å². The summed E-state index contributed by atoms with van der Waals surface area (Å²) in [5, 5.41) is 3.44. The monoisotopic (exact) mass is 283 g/mol. The number of nitrogens with zero attached hydrogens (tertiary/aromatic N) is 1. The van der Waals surface area contributed by atoms with Gasteiger partial charge in [0.05, 0.1) is 16.6 Å². The number of fused-ring (bicyclic) bond motifs is 1. The van der Waals surface area contributed by atoms with Crippen LogP contribution in [0.4, 0.5) is 5.69 Å². The van der Waals surface area contributed by atoms with Gasteiger partial charge in [-0.05, 0) is 28.1 Å². The zero-order valence-electron chi connectivity index (χ0n) is 8.80. The van der Waals surface area contributed by atoms with Gasteiger partial charge in [-0.2, -0.15) is 0 Å². The minimum absolute atomic E-state index is 0.304. The molecule has 0 saturated carbocycles. The fourth-order valence-electron chi connectivity index (χ4n) is 1.52. The predicted octanol–water partition coefficient (Wildman–Crippen LogP) is 1.03. The van der Waals surface area contributed by atoms with Crippen LogP contribution in [0, 0.1) is 0 Å². The third-order valence-corrected chi connectivity index (χ3v) is 3.11. The molecule has 0 saturated heterocycles. The minimum Gasteiger partial charge on any atom is -0.387 e. The first-order valence-corrected chi connectivity index (χ1v) is 5.44. The molecule has 16 heavy (non-hydrogen) atoms. The molecular weight excluding hydrogens is 274 g/mol. The van der Waals surface area contributed by atoms with Crippen LogP contribution in [0.5, 0.6) is 0 Å². The molecule has 5 nitrogen and oxygen atoms in total. The van der Waals surface area contributed by atoms with Crippen LogP contribution in [-0.4, -0.2) is 16.6 Å². The van der Waals surface area contributed by atoms with Gasteiger partial charge in [0.1, 0.15) is 0 Å². The van der Waals surface area contributed by atoms with E-state index in [2.05, 4.69) is 26.2 Å². The summed E-state index contributed by atoms with van der Waals surface area (Å²) in [7, 11) is 3.21. The second kappa shape index (κ2) is 3.79. The van der Waals surface area contributed by atoms with Crippen LogP contribution in [0.3, 0.4) is 0 Å². The average molecular weight is 284 g/mol. The molecule has 0 fully saturated rings. The fourth-order valence-corrected chi connectivity index (χ4v) is 2.06. The zero-order chi connectivity index (χ0) is 11.9. The van der Waals surface area contributed by atoms with Crippen molar-refractivity contribution >= 4 is 32.5 Å². The Morgan fingerprint density at radius 1 is 1.38 bits per heavy atom. The van der Waals surface area contributed by atoms with Gasteiger partial charge in [0.2, 0.25) is 0 Å². The summed E-state index contributed by atoms with van der Waals surface area (Å²) in [5.74, 6) is 0. The van der Waals surface area contributed by atoms with E-state index in [1.807, 2.05) is 0 Å². The lowest BCUT2D eigenvalue weighted by molar-refractivity contribution is 0.794. The van der Waals surface area contributed by atoms with E-state index in [-0.39, 0.29) is 5.56 Å². The number of H-pyrrole nitrogens is 1. The summed E-state index contributed by atoms with van der Waals surface area (Å²) in [4.78, 5) is 25.9. The first-order chi connectivity index (χ1) is 7.54. The molecular formula is C10H10BrN3O2. The Bertz CT molecular complexity index is 672. The Balaban J connectivity index is 2.98. The predicted molar refractivity (Wildman–Crippen MR) is 67.1 cm³/mol. The molecule has 2 rings (SSSR count). The van der Waals surface area contributed by atoms with Gasteiger partial charge in [0.25, 0.3) is 5.56 Å². The topological polar surface area (TPSA) is 66.9 Å². The number of benzene rings is 1. The second-order valence-electron chi connectivity index (χ2n) is 3.42. The van der Waals surface area contributed by atoms with E-state index >= 15 is 0 Å². The van der Waals surface area contributed by atoms with Crippen molar-refractivity contribution in [3.63, 3.8) is 0 Å². The third kappa shape index (κ3) is 1.55. The largest absolute Gasteiger partial charge is 0.387 e.